The van der Waals surface area contributed by atoms with Crippen molar-refractivity contribution in [2.45, 2.75) is 84.3 Å². The minimum atomic E-state index is 0.362. The molecule has 21 heavy (non-hydrogen) atoms. The van der Waals surface area contributed by atoms with Gasteiger partial charge in [0.05, 0.1) is 25.9 Å². The van der Waals surface area contributed by atoms with Gasteiger partial charge >= 0.3 is 0 Å². The second-order valence-corrected chi connectivity index (χ2v) is 7.36. The van der Waals surface area contributed by atoms with Crippen molar-refractivity contribution in [3.63, 3.8) is 0 Å². The van der Waals surface area contributed by atoms with Crippen molar-refractivity contribution in [1.82, 2.24) is 9.80 Å². The molecule has 2 saturated heterocycles. The Kier molecular flexibility index (Phi) is 6.06. The third-order valence-corrected chi connectivity index (χ3v) is 5.07. The van der Waals surface area contributed by atoms with Gasteiger partial charge in [0.15, 0.2) is 0 Å². The molecule has 0 aromatic carbocycles. The van der Waals surface area contributed by atoms with Crippen LogP contribution in [0, 0.1) is 0 Å². The summed E-state index contributed by atoms with van der Waals surface area (Å²) in [6, 6.07) is 2.70. The van der Waals surface area contributed by atoms with E-state index in [1.54, 1.807) is 0 Å². The maximum Gasteiger partial charge on any atom is 0.0717 e. The molecule has 0 spiro atoms. The molecule has 124 valence electrons. The molecule has 2 aliphatic heterocycles. The molecule has 0 aromatic heterocycles. The summed E-state index contributed by atoms with van der Waals surface area (Å²) in [6.07, 6.45) is 1.48. The maximum absolute atomic E-state index is 6.10. The van der Waals surface area contributed by atoms with Gasteiger partial charge in [-0.05, 0) is 48.0 Å². The first kappa shape index (κ1) is 17.2. The largest absolute Gasteiger partial charge is 0.378 e. The first-order valence-electron chi connectivity index (χ1n) is 8.62. The van der Waals surface area contributed by atoms with Gasteiger partial charge in [-0.15, -0.1) is 0 Å². The van der Waals surface area contributed by atoms with Gasteiger partial charge in [-0.1, -0.05) is 0 Å². The molecule has 2 aliphatic rings. The number of ether oxygens (including phenoxy) is 2. The minimum absolute atomic E-state index is 0.362. The normalized spacial score (nSPS) is 37.9. The lowest BCUT2D eigenvalue weighted by Gasteiger charge is -2.46. The highest BCUT2D eigenvalue weighted by atomic mass is 16.5. The van der Waals surface area contributed by atoms with E-state index in [1.807, 2.05) is 0 Å². The minimum Gasteiger partial charge on any atom is -0.378 e. The third-order valence-electron chi connectivity index (χ3n) is 5.07. The fraction of sp³-hybridized carbons (Fsp3) is 1.00. The van der Waals surface area contributed by atoms with Crippen molar-refractivity contribution >= 4 is 0 Å². The van der Waals surface area contributed by atoms with Crippen molar-refractivity contribution in [3.8, 4) is 0 Å². The summed E-state index contributed by atoms with van der Waals surface area (Å²) in [5.74, 6) is 0. The lowest BCUT2D eigenvalue weighted by molar-refractivity contribution is -0.0972. The molecule has 5 unspecified atom stereocenters. The van der Waals surface area contributed by atoms with Crippen LogP contribution in [0.5, 0.6) is 0 Å². The van der Waals surface area contributed by atoms with Gasteiger partial charge in [-0.3, -0.25) is 9.80 Å². The molecular weight excluding hydrogens is 264 g/mol. The van der Waals surface area contributed by atoms with E-state index in [9.17, 15) is 0 Å². The standard InChI is InChI=1S/C17H34N2O2/c1-12(2)18-8-17(21-11-14(18)4)7-13(3)19-15(5)9-20-10-16(19)6/h12-17H,7-11H2,1-6H3. The van der Waals surface area contributed by atoms with Gasteiger partial charge in [0.25, 0.3) is 0 Å². The van der Waals surface area contributed by atoms with Gasteiger partial charge in [-0.25, -0.2) is 0 Å². The highest BCUT2D eigenvalue weighted by molar-refractivity contribution is 4.87. The second-order valence-electron chi connectivity index (χ2n) is 7.36. The Labute approximate surface area is 130 Å². The topological polar surface area (TPSA) is 24.9 Å². The molecule has 0 N–H and O–H groups in total. The van der Waals surface area contributed by atoms with Crippen molar-refractivity contribution in [2.75, 3.05) is 26.4 Å². The van der Waals surface area contributed by atoms with Gasteiger partial charge in [0, 0.05) is 36.8 Å². The van der Waals surface area contributed by atoms with E-state index >= 15 is 0 Å². The van der Waals surface area contributed by atoms with Crippen molar-refractivity contribution in [2.24, 2.45) is 0 Å². The highest BCUT2D eigenvalue weighted by Gasteiger charge is 2.33. The number of hydrogen-bond donors (Lipinski definition) is 0. The molecule has 0 radical (unpaired) electrons. The Morgan fingerprint density at radius 2 is 1.57 bits per heavy atom. The van der Waals surface area contributed by atoms with Crippen LogP contribution >= 0.6 is 0 Å². The molecule has 5 atom stereocenters. The Bertz CT molecular complexity index is 314. The lowest BCUT2D eigenvalue weighted by Crippen LogP contribution is -2.56. The SMILES string of the molecule is CC(C)N1CC(CC(C)N2C(C)COCC2C)OCC1C. The first-order valence-corrected chi connectivity index (χ1v) is 8.62. The van der Waals surface area contributed by atoms with Crippen LogP contribution in [0.4, 0.5) is 0 Å². The monoisotopic (exact) mass is 298 g/mol. The smallest absolute Gasteiger partial charge is 0.0717 e. The van der Waals surface area contributed by atoms with Crippen LogP contribution in [0.3, 0.4) is 0 Å². The quantitative estimate of drug-likeness (QED) is 0.795. The van der Waals surface area contributed by atoms with Crippen molar-refractivity contribution in [1.29, 1.82) is 0 Å². The molecule has 2 rings (SSSR count). The van der Waals surface area contributed by atoms with E-state index < -0.39 is 0 Å². The number of rotatable bonds is 4. The average molecular weight is 298 g/mol. The Morgan fingerprint density at radius 3 is 2.14 bits per heavy atom. The van der Waals surface area contributed by atoms with Crippen LogP contribution in [0.1, 0.15) is 48.0 Å². The van der Waals surface area contributed by atoms with Gasteiger partial charge < -0.3 is 9.47 Å². The fourth-order valence-corrected chi connectivity index (χ4v) is 4.09. The fourth-order valence-electron chi connectivity index (χ4n) is 4.09. The molecule has 2 heterocycles. The zero-order valence-electron chi connectivity index (χ0n) is 14.7. The number of hydrogen-bond acceptors (Lipinski definition) is 4. The van der Waals surface area contributed by atoms with Gasteiger partial charge in [0.2, 0.25) is 0 Å². The maximum atomic E-state index is 6.10. The van der Waals surface area contributed by atoms with E-state index in [1.165, 1.54) is 0 Å². The average Bonchev–Trinajstić information content (AvgIpc) is 2.40. The van der Waals surface area contributed by atoms with Crippen LogP contribution in [-0.2, 0) is 9.47 Å². The molecule has 4 heteroatoms. The predicted molar refractivity (Wildman–Crippen MR) is 86.7 cm³/mol. The summed E-state index contributed by atoms with van der Waals surface area (Å²) in [7, 11) is 0. The van der Waals surface area contributed by atoms with Crippen molar-refractivity contribution < 1.29 is 9.47 Å². The zero-order chi connectivity index (χ0) is 15.6. The van der Waals surface area contributed by atoms with Crippen LogP contribution < -0.4 is 0 Å². The Balaban J connectivity index is 1.91. The summed E-state index contributed by atoms with van der Waals surface area (Å²) in [6.45, 7) is 17.4. The van der Waals surface area contributed by atoms with Crippen LogP contribution in [-0.4, -0.2) is 72.5 Å². The van der Waals surface area contributed by atoms with E-state index in [4.69, 9.17) is 9.47 Å². The molecule has 0 amide bonds. The molecule has 0 bridgehead atoms. The summed E-state index contributed by atoms with van der Waals surface area (Å²) in [5.41, 5.74) is 0. The zero-order valence-corrected chi connectivity index (χ0v) is 14.7. The summed E-state index contributed by atoms with van der Waals surface area (Å²) < 4.78 is 11.7. The summed E-state index contributed by atoms with van der Waals surface area (Å²) in [5, 5.41) is 0. The van der Waals surface area contributed by atoms with E-state index in [-0.39, 0.29) is 0 Å². The summed E-state index contributed by atoms with van der Waals surface area (Å²) in [4.78, 5) is 5.19. The van der Waals surface area contributed by atoms with E-state index in [0.717, 1.165) is 32.8 Å². The molecule has 4 nitrogen and oxygen atoms in total. The Hall–Kier alpha value is -0.160. The van der Waals surface area contributed by atoms with Gasteiger partial charge in [-0.2, -0.15) is 0 Å². The van der Waals surface area contributed by atoms with E-state index in [0.29, 0.717) is 36.3 Å². The molecule has 2 fully saturated rings. The molecule has 0 aliphatic carbocycles. The van der Waals surface area contributed by atoms with E-state index in [2.05, 4.69) is 51.3 Å². The lowest BCUT2D eigenvalue weighted by atomic mass is 10.0. The van der Waals surface area contributed by atoms with Gasteiger partial charge in [0.1, 0.15) is 0 Å². The number of morpholine rings is 2. The molecule has 0 saturated carbocycles. The molecular formula is C17H34N2O2. The molecule has 0 aromatic rings. The van der Waals surface area contributed by atoms with Crippen LogP contribution in [0.25, 0.3) is 0 Å². The van der Waals surface area contributed by atoms with Crippen LogP contribution in [0.15, 0.2) is 0 Å². The highest BCUT2D eigenvalue weighted by Crippen LogP contribution is 2.23. The predicted octanol–water partition coefficient (Wildman–Crippen LogP) is 2.37. The third kappa shape index (κ3) is 4.19. The number of nitrogens with zero attached hydrogens (tertiary/aromatic N) is 2. The van der Waals surface area contributed by atoms with Crippen molar-refractivity contribution in [3.05, 3.63) is 0 Å². The Morgan fingerprint density at radius 1 is 0.952 bits per heavy atom. The first-order chi connectivity index (χ1) is 9.90. The summed E-state index contributed by atoms with van der Waals surface area (Å²) >= 11 is 0. The second kappa shape index (κ2) is 7.40. The van der Waals surface area contributed by atoms with Crippen LogP contribution in [0.2, 0.25) is 0 Å².